The second kappa shape index (κ2) is 4.73. The maximum absolute atomic E-state index is 13.1. The van der Waals surface area contributed by atoms with E-state index in [0.29, 0.717) is 28.4 Å². The third-order valence-electron chi connectivity index (χ3n) is 2.38. The molecule has 0 aliphatic heterocycles. The van der Waals surface area contributed by atoms with Gasteiger partial charge in [-0.3, -0.25) is 4.79 Å². The van der Waals surface area contributed by atoms with Crippen molar-refractivity contribution in [3.63, 3.8) is 0 Å². The largest absolute Gasteiger partial charge is 0.325 e. The fraction of sp³-hybridized carbons (Fsp3) is 0.167. The molecule has 0 spiro atoms. The summed E-state index contributed by atoms with van der Waals surface area (Å²) in [6.07, 6.45) is 0. The third kappa shape index (κ3) is 2.40. The first-order valence-electron chi connectivity index (χ1n) is 5.07. The van der Waals surface area contributed by atoms with Gasteiger partial charge in [0.25, 0.3) is 0 Å². The van der Waals surface area contributed by atoms with Crippen LogP contribution < -0.4 is 5.73 Å². The Labute approximate surface area is 102 Å². The molecule has 3 nitrogen and oxygen atoms in total. The Hall–Kier alpha value is -1.59. The number of thiazole rings is 1. The van der Waals surface area contributed by atoms with Gasteiger partial charge in [-0.05, 0) is 30.7 Å². The van der Waals surface area contributed by atoms with E-state index in [2.05, 4.69) is 4.98 Å². The molecule has 1 heterocycles. The van der Waals surface area contributed by atoms with Gasteiger partial charge in [0.2, 0.25) is 5.78 Å². The van der Waals surface area contributed by atoms with Crippen LogP contribution in [0.4, 0.5) is 4.39 Å². The number of benzene rings is 1. The fourth-order valence-electron chi connectivity index (χ4n) is 1.44. The topological polar surface area (TPSA) is 56.0 Å². The second-order valence-electron chi connectivity index (χ2n) is 3.62. The molecular formula is C12H11FN2OS. The molecule has 5 heteroatoms. The monoisotopic (exact) mass is 250 g/mol. The van der Waals surface area contributed by atoms with Crippen molar-refractivity contribution in [1.82, 2.24) is 4.98 Å². The lowest BCUT2D eigenvalue weighted by molar-refractivity contribution is 0.103. The van der Waals surface area contributed by atoms with E-state index in [-0.39, 0.29) is 11.6 Å². The van der Waals surface area contributed by atoms with Crippen LogP contribution in [0.25, 0.3) is 0 Å². The summed E-state index contributed by atoms with van der Waals surface area (Å²) in [4.78, 5) is 16.1. The van der Waals surface area contributed by atoms with Crippen LogP contribution in [0.2, 0.25) is 0 Å². The predicted octanol–water partition coefficient (Wildman–Crippen LogP) is 2.28. The number of hydrogen-bond acceptors (Lipinski definition) is 4. The number of aryl methyl sites for hydroxylation is 1. The van der Waals surface area contributed by atoms with Crippen molar-refractivity contribution in [1.29, 1.82) is 0 Å². The standard InChI is InChI=1S/C12H11FN2OS/c1-7-4-8(2-3-9(7)13)12(16)10-6-17-11(5-14)15-10/h2-4,6H,5,14H2,1H3. The number of hydrogen-bond donors (Lipinski definition) is 1. The van der Waals surface area contributed by atoms with Gasteiger partial charge in [-0.1, -0.05) is 0 Å². The van der Waals surface area contributed by atoms with Crippen molar-refractivity contribution in [2.24, 2.45) is 5.73 Å². The van der Waals surface area contributed by atoms with Gasteiger partial charge in [-0.25, -0.2) is 9.37 Å². The Morgan fingerprint density at radius 3 is 2.88 bits per heavy atom. The Morgan fingerprint density at radius 2 is 2.29 bits per heavy atom. The maximum Gasteiger partial charge on any atom is 0.212 e. The zero-order valence-electron chi connectivity index (χ0n) is 9.24. The molecule has 17 heavy (non-hydrogen) atoms. The van der Waals surface area contributed by atoms with Gasteiger partial charge in [-0.2, -0.15) is 0 Å². The molecule has 0 bridgehead atoms. The molecule has 0 saturated heterocycles. The first-order valence-corrected chi connectivity index (χ1v) is 5.95. The van der Waals surface area contributed by atoms with Crippen LogP contribution in [0, 0.1) is 12.7 Å². The van der Waals surface area contributed by atoms with Crippen molar-refractivity contribution < 1.29 is 9.18 Å². The molecule has 2 N–H and O–H groups in total. The summed E-state index contributed by atoms with van der Waals surface area (Å²) >= 11 is 1.35. The molecule has 0 aliphatic rings. The molecule has 0 atom stereocenters. The van der Waals surface area contributed by atoms with E-state index >= 15 is 0 Å². The highest BCUT2D eigenvalue weighted by atomic mass is 32.1. The number of halogens is 1. The molecule has 0 radical (unpaired) electrons. The highest BCUT2D eigenvalue weighted by molar-refractivity contribution is 7.09. The summed E-state index contributed by atoms with van der Waals surface area (Å²) < 4.78 is 13.1. The Balaban J connectivity index is 2.33. The zero-order chi connectivity index (χ0) is 12.4. The number of nitrogens with two attached hydrogens (primary N) is 1. The summed E-state index contributed by atoms with van der Waals surface area (Å²) in [5, 5.41) is 2.38. The normalized spacial score (nSPS) is 10.5. The lowest BCUT2D eigenvalue weighted by Crippen LogP contribution is -2.04. The molecule has 0 fully saturated rings. The van der Waals surface area contributed by atoms with Gasteiger partial charge in [-0.15, -0.1) is 11.3 Å². The van der Waals surface area contributed by atoms with Crippen LogP contribution in [0.5, 0.6) is 0 Å². The van der Waals surface area contributed by atoms with Crippen molar-refractivity contribution in [3.05, 3.63) is 51.2 Å². The minimum Gasteiger partial charge on any atom is -0.325 e. The van der Waals surface area contributed by atoms with Gasteiger partial charge >= 0.3 is 0 Å². The minimum absolute atomic E-state index is 0.205. The molecule has 0 amide bonds. The summed E-state index contributed by atoms with van der Waals surface area (Å²) in [6.45, 7) is 1.94. The summed E-state index contributed by atoms with van der Waals surface area (Å²) in [7, 11) is 0. The molecular weight excluding hydrogens is 239 g/mol. The first-order chi connectivity index (χ1) is 8.11. The third-order valence-corrected chi connectivity index (χ3v) is 3.25. The van der Waals surface area contributed by atoms with Crippen molar-refractivity contribution in [2.45, 2.75) is 13.5 Å². The quantitative estimate of drug-likeness (QED) is 0.850. The van der Waals surface area contributed by atoms with E-state index in [0.717, 1.165) is 0 Å². The second-order valence-corrected chi connectivity index (χ2v) is 4.57. The molecule has 2 aromatic rings. The number of aromatic nitrogens is 1. The molecule has 88 valence electrons. The van der Waals surface area contributed by atoms with E-state index < -0.39 is 0 Å². The minimum atomic E-state index is -0.317. The van der Waals surface area contributed by atoms with Gasteiger partial charge in [0.1, 0.15) is 16.5 Å². The van der Waals surface area contributed by atoms with Crippen LogP contribution in [-0.4, -0.2) is 10.8 Å². The zero-order valence-corrected chi connectivity index (χ0v) is 10.1. The van der Waals surface area contributed by atoms with E-state index in [1.165, 1.54) is 29.5 Å². The lowest BCUT2D eigenvalue weighted by Gasteiger charge is -2.00. The van der Waals surface area contributed by atoms with E-state index in [9.17, 15) is 9.18 Å². The van der Waals surface area contributed by atoms with Gasteiger partial charge in [0.05, 0.1) is 0 Å². The van der Waals surface area contributed by atoms with Crippen molar-refractivity contribution in [2.75, 3.05) is 0 Å². The molecule has 0 unspecified atom stereocenters. The van der Waals surface area contributed by atoms with Crippen LogP contribution in [-0.2, 0) is 6.54 Å². The Morgan fingerprint density at radius 1 is 1.53 bits per heavy atom. The lowest BCUT2D eigenvalue weighted by atomic mass is 10.1. The van der Waals surface area contributed by atoms with Crippen LogP contribution in [0.3, 0.4) is 0 Å². The Kier molecular flexibility index (Phi) is 3.31. The van der Waals surface area contributed by atoms with Gasteiger partial charge in [0, 0.05) is 17.5 Å². The Bertz CT molecular complexity index is 565. The highest BCUT2D eigenvalue weighted by Gasteiger charge is 2.13. The fourth-order valence-corrected chi connectivity index (χ4v) is 2.10. The molecule has 0 aliphatic carbocycles. The number of rotatable bonds is 3. The van der Waals surface area contributed by atoms with Gasteiger partial charge < -0.3 is 5.73 Å². The molecule has 0 saturated carbocycles. The summed E-state index contributed by atoms with van der Waals surface area (Å²) in [5.74, 6) is -0.522. The average molecular weight is 250 g/mol. The predicted molar refractivity (Wildman–Crippen MR) is 64.6 cm³/mol. The molecule has 1 aromatic carbocycles. The number of carbonyl (C=O) groups excluding carboxylic acids is 1. The SMILES string of the molecule is Cc1cc(C(=O)c2csc(CN)n2)ccc1F. The average Bonchev–Trinajstić information content (AvgIpc) is 2.80. The van der Waals surface area contributed by atoms with Gasteiger partial charge in [0.15, 0.2) is 0 Å². The summed E-state index contributed by atoms with van der Waals surface area (Å²) in [5.41, 5.74) is 6.69. The van der Waals surface area contributed by atoms with Crippen molar-refractivity contribution >= 4 is 17.1 Å². The summed E-state index contributed by atoms with van der Waals surface area (Å²) in [6, 6.07) is 4.28. The smallest absolute Gasteiger partial charge is 0.212 e. The highest BCUT2D eigenvalue weighted by Crippen LogP contribution is 2.16. The van der Waals surface area contributed by atoms with E-state index in [1.54, 1.807) is 12.3 Å². The van der Waals surface area contributed by atoms with Crippen molar-refractivity contribution in [3.8, 4) is 0 Å². The molecule has 1 aromatic heterocycles. The van der Waals surface area contributed by atoms with Crippen LogP contribution in [0.15, 0.2) is 23.6 Å². The van der Waals surface area contributed by atoms with Crippen LogP contribution in [0.1, 0.15) is 26.6 Å². The number of carbonyl (C=O) groups is 1. The first kappa shape index (κ1) is 11.9. The number of ketones is 1. The molecule has 2 rings (SSSR count). The maximum atomic E-state index is 13.1. The van der Waals surface area contributed by atoms with E-state index in [4.69, 9.17) is 5.73 Å². The number of nitrogens with zero attached hydrogens (tertiary/aromatic N) is 1. The van der Waals surface area contributed by atoms with E-state index in [1.807, 2.05) is 0 Å². The van der Waals surface area contributed by atoms with Crippen LogP contribution >= 0.6 is 11.3 Å².